The van der Waals surface area contributed by atoms with Crippen LogP contribution in [-0.2, 0) is 0 Å². The Balaban J connectivity index is 1.50. The third-order valence-corrected chi connectivity index (χ3v) is 5.61. The van der Waals surface area contributed by atoms with E-state index in [1.54, 1.807) is 0 Å². The quantitative estimate of drug-likeness (QED) is 0.713. The van der Waals surface area contributed by atoms with Gasteiger partial charge in [0.15, 0.2) is 11.6 Å². The Hall–Kier alpha value is -2.02. The molecule has 1 aromatic rings. The van der Waals surface area contributed by atoms with Crippen LogP contribution in [-0.4, -0.2) is 66.5 Å². The van der Waals surface area contributed by atoms with Gasteiger partial charge in [0.05, 0.1) is 6.54 Å². The molecule has 0 spiro atoms. The summed E-state index contributed by atoms with van der Waals surface area (Å²) in [7, 11) is 0. The van der Waals surface area contributed by atoms with Gasteiger partial charge in [0, 0.05) is 45.4 Å². The minimum absolute atomic E-state index is 0.00120. The molecule has 0 aliphatic carbocycles. The van der Waals surface area contributed by atoms with E-state index in [1.807, 2.05) is 23.2 Å². The second-order valence-corrected chi connectivity index (χ2v) is 8.64. The number of likely N-dealkylation sites (tertiary alicyclic amines) is 1. The molecule has 3 rings (SSSR count). The fourth-order valence-electron chi connectivity index (χ4n) is 3.90. The lowest BCUT2D eigenvalue weighted by atomic mass is 9.88. The van der Waals surface area contributed by atoms with Crippen LogP contribution < -0.4 is 15.0 Å². The van der Waals surface area contributed by atoms with Crippen LogP contribution in [0.1, 0.15) is 46.0 Å². The van der Waals surface area contributed by atoms with Crippen molar-refractivity contribution in [2.24, 2.45) is 5.41 Å². The summed E-state index contributed by atoms with van der Waals surface area (Å²) < 4.78 is 6.24. The zero-order valence-corrected chi connectivity index (χ0v) is 17.2. The number of anilines is 1. The van der Waals surface area contributed by atoms with Crippen molar-refractivity contribution in [1.29, 1.82) is 0 Å². The van der Waals surface area contributed by atoms with Gasteiger partial charge < -0.3 is 25.0 Å². The summed E-state index contributed by atoms with van der Waals surface area (Å²) in [4.78, 5) is 21.2. The lowest BCUT2D eigenvalue weighted by Gasteiger charge is -2.26. The number of aliphatic hydroxyl groups is 1. The number of hydrogen-bond acceptors (Lipinski definition) is 5. The van der Waals surface area contributed by atoms with Crippen molar-refractivity contribution in [3.8, 4) is 5.75 Å². The minimum Gasteiger partial charge on any atom is -0.485 e. The van der Waals surface area contributed by atoms with E-state index in [-0.39, 0.29) is 24.2 Å². The normalized spacial score (nSPS) is 19.9. The predicted octanol–water partition coefficient (Wildman–Crippen LogP) is 2.64. The van der Waals surface area contributed by atoms with Crippen molar-refractivity contribution in [3.63, 3.8) is 0 Å². The average Bonchev–Trinajstić information content (AvgIpc) is 3.37. The van der Waals surface area contributed by atoms with Crippen LogP contribution in [0.3, 0.4) is 0 Å². The first-order chi connectivity index (χ1) is 13.5. The number of hydrogen-bond donors (Lipinski definition) is 2. The number of carbonyl (C=O) groups is 1. The maximum absolute atomic E-state index is 12.5. The standard InChI is InChI=1S/C21H34N4O3/c1-21(2,9-6-14-26)16-23-20(27)25-13-8-17(15-25)28-18-7-5-10-22-19(18)24-11-3-4-12-24/h5,7,10,17,26H,3-4,6,8-9,11-16H2,1-2H3,(H,23,27). The maximum Gasteiger partial charge on any atom is 0.317 e. The Morgan fingerprint density at radius 1 is 1.36 bits per heavy atom. The zero-order valence-electron chi connectivity index (χ0n) is 17.2. The molecule has 2 saturated heterocycles. The summed E-state index contributed by atoms with van der Waals surface area (Å²) in [6.45, 7) is 8.37. The second kappa shape index (κ2) is 9.45. The number of amides is 2. The molecule has 3 heterocycles. The first-order valence-corrected chi connectivity index (χ1v) is 10.5. The number of nitrogens with one attached hydrogen (secondary N) is 1. The number of aliphatic hydroxyl groups excluding tert-OH is 1. The molecule has 0 saturated carbocycles. The largest absolute Gasteiger partial charge is 0.485 e. The first-order valence-electron chi connectivity index (χ1n) is 10.5. The van der Waals surface area contributed by atoms with Crippen LogP contribution in [0, 0.1) is 5.41 Å². The highest BCUT2D eigenvalue weighted by molar-refractivity contribution is 5.74. The van der Waals surface area contributed by atoms with E-state index in [4.69, 9.17) is 9.84 Å². The fourth-order valence-corrected chi connectivity index (χ4v) is 3.90. The van der Waals surface area contributed by atoms with Crippen LogP contribution in [0.4, 0.5) is 10.6 Å². The predicted molar refractivity (Wildman–Crippen MR) is 110 cm³/mol. The molecule has 1 atom stereocenters. The molecule has 0 radical (unpaired) electrons. The summed E-state index contributed by atoms with van der Waals surface area (Å²) >= 11 is 0. The topological polar surface area (TPSA) is 77.9 Å². The molecule has 2 fully saturated rings. The minimum atomic E-state index is -0.0332. The molecule has 7 heteroatoms. The molecule has 0 aromatic carbocycles. The van der Waals surface area contributed by atoms with Crippen molar-refractivity contribution in [2.45, 2.75) is 52.1 Å². The van der Waals surface area contributed by atoms with Crippen molar-refractivity contribution in [2.75, 3.05) is 44.2 Å². The highest BCUT2D eigenvalue weighted by Crippen LogP contribution is 2.30. The van der Waals surface area contributed by atoms with Gasteiger partial charge in [-0.15, -0.1) is 0 Å². The van der Waals surface area contributed by atoms with E-state index in [0.29, 0.717) is 19.6 Å². The zero-order chi connectivity index (χ0) is 20.0. The van der Waals surface area contributed by atoms with Gasteiger partial charge in [0.2, 0.25) is 0 Å². The van der Waals surface area contributed by atoms with Gasteiger partial charge in [-0.2, -0.15) is 0 Å². The van der Waals surface area contributed by atoms with Crippen molar-refractivity contribution in [1.82, 2.24) is 15.2 Å². The summed E-state index contributed by atoms with van der Waals surface area (Å²) in [6, 6.07) is 3.85. The molecule has 7 nitrogen and oxygen atoms in total. The van der Waals surface area contributed by atoms with E-state index in [0.717, 1.165) is 43.9 Å². The van der Waals surface area contributed by atoms with Crippen LogP contribution in [0.15, 0.2) is 18.3 Å². The monoisotopic (exact) mass is 390 g/mol. The number of rotatable bonds is 8. The lowest BCUT2D eigenvalue weighted by molar-refractivity contribution is 0.181. The average molecular weight is 391 g/mol. The molecule has 2 amide bonds. The molecule has 28 heavy (non-hydrogen) atoms. The lowest BCUT2D eigenvalue weighted by Crippen LogP contribution is -2.43. The highest BCUT2D eigenvalue weighted by Gasteiger charge is 2.30. The van der Waals surface area contributed by atoms with E-state index in [1.165, 1.54) is 12.8 Å². The van der Waals surface area contributed by atoms with Gasteiger partial charge in [0.25, 0.3) is 0 Å². The van der Waals surface area contributed by atoms with Gasteiger partial charge in [-0.1, -0.05) is 13.8 Å². The van der Waals surface area contributed by atoms with Crippen LogP contribution in [0.25, 0.3) is 0 Å². The molecule has 2 aliphatic heterocycles. The SMILES string of the molecule is CC(C)(CCCO)CNC(=O)N1CCC(Oc2cccnc2N2CCCC2)C1. The third-order valence-electron chi connectivity index (χ3n) is 5.61. The van der Waals surface area contributed by atoms with Crippen molar-refractivity contribution >= 4 is 11.8 Å². The van der Waals surface area contributed by atoms with Crippen LogP contribution in [0.2, 0.25) is 0 Å². The Morgan fingerprint density at radius 2 is 2.14 bits per heavy atom. The Bertz CT molecular complexity index is 646. The third kappa shape index (κ3) is 5.50. The van der Waals surface area contributed by atoms with Gasteiger partial charge >= 0.3 is 6.03 Å². The molecular weight excluding hydrogens is 356 g/mol. The molecule has 1 aromatic heterocycles. The maximum atomic E-state index is 12.5. The Morgan fingerprint density at radius 3 is 2.89 bits per heavy atom. The van der Waals surface area contributed by atoms with Gasteiger partial charge in [-0.25, -0.2) is 9.78 Å². The Labute approximate surface area is 168 Å². The Kier molecular flexibility index (Phi) is 6.99. The van der Waals surface area contributed by atoms with Crippen molar-refractivity contribution in [3.05, 3.63) is 18.3 Å². The number of pyridine rings is 1. The summed E-state index contributed by atoms with van der Waals surface area (Å²) in [5.74, 6) is 1.75. The van der Waals surface area contributed by atoms with Crippen LogP contribution in [0.5, 0.6) is 5.75 Å². The number of nitrogens with zero attached hydrogens (tertiary/aromatic N) is 3. The van der Waals surface area contributed by atoms with E-state index in [9.17, 15) is 4.79 Å². The van der Waals surface area contributed by atoms with E-state index in [2.05, 4.69) is 29.0 Å². The van der Waals surface area contributed by atoms with Crippen LogP contribution >= 0.6 is 0 Å². The first kappa shape index (κ1) is 20.7. The second-order valence-electron chi connectivity index (χ2n) is 8.64. The van der Waals surface area contributed by atoms with Gasteiger partial charge in [0.1, 0.15) is 6.10 Å². The van der Waals surface area contributed by atoms with Gasteiger partial charge in [-0.3, -0.25) is 0 Å². The molecule has 156 valence electrons. The van der Waals surface area contributed by atoms with Crippen molar-refractivity contribution < 1.29 is 14.6 Å². The molecule has 1 unspecified atom stereocenters. The molecule has 0 bridgehead atoms. The molecular formula is C21H34N4O3. The molecule has 2 aliphatic rings. The van der Waals surface area contributed by atoms with E-state index < -0.39 is 0 Å². The number of ether oxygens (including phenoxy) is 1. The number of aromatic nitrogens is 1. The van der Waals surface area contributed by atoms with Gasteiger partial charge in [-0.05, 0) is 43.2 Å². The highest BCUT2D eigenvalue weighted by atomic mass is 16.5. The molecule has 2 N–H and O–H groups in total. The summed E-state index contributed by atoms with van der Waals surface area (Å²) in [5, 5.41) is 12.0. The fraction of sp³-hybridized carbons (Fsp3) is 0.714. The number of carbonyl (C=O) groups excluding carboxylic acids is 1. The summed E-state index contributed by atoms with van der Waals surface area (Å²) in [6.07, 6.45) is 6.68. The number of urea groups is 1. The summed E-state index contributed by atoms with van der Waals surface area (Å²) in [5.41, 5.74) is -0.0195. The van der Waals surface area contributed by atoms with E-state index >= 15 is 0 Å². The smallest absolute Gasteiger partial charge is 0.317 e.